The van der Waals surface area contributed by atoms with Gasteiger partial charge in [0.2, 0.25) is 0 Å². The van der Waals surface area contributed by atoms with Gasteiger partial charge in [0.05, 0.1) is 11.1 Å². The smallest absolute Gasteiger partial charge is 0.326 e. The summed E-state index contributed by atoms with van der Waals surface area (Å²) < 4.78 is 5.83. The van der Waals surface area contributed by atoms with Crippen LogP contribution in [0.1, 0.15) is 21.5 Å². The Balaban J connectivity index is 1.46. The Kier molecular flexibility index (Phi) is 6.41. The number of amides is 1. The Morgan fingerprint density at radius 3 is 2.47 bits per heavy atom. The van der Waals surface area contributed by atoms with Gasteiger partial charge < -0.3 is 15.2 Å². The van der Waals surface area contributed by atoms with Gasteiger partial charge in [0, 0.05) is 18.0 Å². The topological polar surface area (TPSA) is 88.5 Å². The molecule has 3 aromatic carbocycles. The standard InChI is InChI=1S/C26H22N2O4/c29-25(22-13-14-27-23-12-5-4-11-21(22)23)28-24(26(30)31)16-19-9-6-10-20(15-19)32-17-18-7-2-1-3-8-18/h1-15,24H,16-17H2,(H,28,29)(H,30,31)/t24-/m1/s1. The Morgan fingerprint density at radius 1 is 0.906 bits per heavy atom. The van der Waals surface area contributed by atoms with Crippen LogP contribution in [-0.2, 0) is 17.8 Å². The third kappa shape index (κ3) is 5.10. The summed E-state index contributed by atoms with van der Waals surface area (Å²) in [4.78, 5) is 29.0. The van der Waals surface area contributed by atoms with E-state index in [-0.39, 0.29) is 6.42 Å². The van der Waals surface area contributed by atoms with Crippen LogP contribution in [0.5, 0.6) is 5.75 Å². The molecule has 6 heteroatoms. The first-order valence-corrected chi connectivity index (χ1v) is 10.2. The minimum absolute atomic E-state index is 0.132. The number of hydrogen-bond acceptors (Lipinski definition) is 4. The highest BCUT2D eigenvalue weighted by Gasteiger charge is 2.22. The van der Waals surface area contributed by atoms with Crippen LogP contribution in [0.4, 0.5) is 0 Å². The summed E-state index contributed by atoms with van der Waals surface area (Å²) in [6.07, 6.45) is 1.67. The lowest BCUT2D eigenvalue weighted by molar-refractivity contribution is -0.139. The van der Waals surface area contributed by atoms with Crippen LogP contribution < -0.4 is 10.1 Å². The van der Waals surface area contributed by atoms with Gasteiger partial charge in [-0.25, -0.2) is 4.79 Å². The van der Waals surface area contributed by atoms with Gasteiger partial charge in [0.1, 0.15) is 18.4 Å². The van der Waals surface area contributed by atoms with Gasteiger partial charge in [-0.1, -0.05) is 60.7 Å². The van der Waals surface area contributed by atoms with E-state index in [9.17, 15) is 14.7 Å². The van der Waals surface area contributed by atoms with Gasteiger partial charge in [-0.2, -0.15) is 0 Å². The number of carbonyl (C=O) groups is 2. The summed E-state index contributed by atoms with van der Waals surface area (Å²) in [6, 6.07) is 24.8. The number of carboxylic acid groups (broad SMARTS) is 1. The molecule has 0 saturated carbocycles. The number of carboxylic acids is 1. The third-order valence-corrected chi connectivity index (χ3v) is 5.08. The number of hydrogen-bond donors (Lipinski definition) is 2. The van der Waals surface area contributed by atoms with Crippen LogP contribution in [-0.4, -0.2) is 28.0 Å². The first kappa shape index (κ1) is 21.1. The van der Waals surface area contributed by atoms with Crippen molar-refractivity contribution in [2.75, 3.05) is 0 Å². The van der Waals surface area contributed by atoms with E-state index in [2.05, 4.69) is 10.3 Å². The predicted molar refractivity (Wildman–Crippen MR) is 122 cm³/mol. The lowest BCUT2D eigenvalue weighted by Crippen LogP contribution is -2.42. The number of pyridine rings is 1. The van der Waals surface area contributed by atoms with Crippen LogP contribution in [0.15, 0.2) is 91.1 Å². The Morgan fingerprint density at radius 2 is 1.66 bits per heavy atom. The van der Waals surface area contributed by atoms with Gasteiger partial charge in [0.25, 0.3) is 5.91 Å². The molecule has 1 amide bonds. The summed E-state index contributed by atoms with van der Waals surface area (Å²) in [5.74, 6) is -0.915. The minimum Gasteiger partial charge on any atom is -0.489 e. The molecule has 0 fully saturated rings. The van der Waals surface area contributed by atoms with Crippen molar-refractivity contribution in [3.63, 3.8) is 0 Å². The summed E-state index contributed by atoms with van der Waals surface area (Å²) >= 11 is 0. The van der Waals surface area contributed by atoms with Crippen LogP contribution in [0.3, 0.4) is 0 Å². The molecule has 32 heavy (non-hydrogen) atoms. The summed E-state index contributed by atoms with van der Waals surface area (Å²) in [5, 5.41) is 13.0. The Hall–Kier alpha value is -4.19. The van der Waals surface area contributed by atoms with Crippen molar-refractivity contribution in [3.05, 3.63) is 108 Å². The maximum absolute atomic E-state index is 12.9. The van der Waals surface area contributed by atoms with E-state index in [0.29, 0.717) is 28.8 Å². The highest BCUT2D eigenvalue weighted by molar-refractivity contribution is 6.06. The Labute approximate surface area is 185 Å². The molecule has 2 N–H and O–H groups in total. The van der Waals surface area contributed by atoms with E-state index in [1.54, 1.807) is 24.4 Å². The number of aromatic nitrogens is 1. The average molecular weight is 426 g/mol. The van der Waals surface area contributed by atoms with E-state index >= 15 is 0 Å². The molecule has 1 atom stereocenters. The summed E-state index contributed by atoms with van der Waals surface area (Å²) in [6.45, 7) is 0.415. The number of benzene rings is 3. The molecule has 0 aliphatic heterocycles. The molecule has 1 heterocycles. The van der Waals surface area contributed by atoms with Crippen LogP contribution in [0.25, 0.3) is 10.9 Å². The quantitative estimate of drug-likeness (QED) is 0.440. The van der Waals surface area contributed by atoms with Crippen LogP contribution >= 0.6 is 0 Å². The number of ether oxygens (including phenoxy) is 1. The molecule has 0 unspecified atom stereocenters. The number of rotatable bonds is 8. The van der Waals surface area contributed by atoms with Crippen LogP contribution in [0.2, 0.25) is 0 Å². The van der Waals surface area contributed by atoms with Crippen molar-refractivity contribution in [1.82, 2.24) is 10.3 Å². The lowest BCUT2D eigenvalue weighted by Gasteiger charge is -2.16. The second-order valence-corrected chi connectivity index (χ2v) is 7.37. The number of fused-ring (bicyclic) bond motifs is 1. The van der Waals surface area contributed by atoms with Crippen molar-refractivity contribution >= 4 is 22.8 Å². The maximum Gasteiger partial charge on any atom is 0.326 e. The predicted octanol–water partition coefficient (Wildman–Crippen LogP) is 4.24. The highest BCUT2D eigenvalue weighted by Crippen LogP contribution is 2.18. The van der Waals surface area contributed by atoms with E-state index < -0.39 is 17.9 Å². The zero-order chi connectivity index (χ0) is 22.3. The van der Waals surface area contributed by atoms with E-state index in [1.807, 2.05) is 66.7 Å². The van der Waals surface area contributed by atoms with E-state index in [4.69, 9.17) is 4.74 Å². The number of aliphatic carboxylic acids is 1. The molecule has 4 aromatic rings. The largest absolute Gasteiger partial charge is 0.489 e. The van der Waals surface area contributed by atoms with Crippen LogP contribution in [0, 0.1) is 0 Å². The molecule has 0 aliphatic rings. The first-order valence-electron chi connectivity index (χ1n) is 10.2. The zero-order valence-corrected chi connectivity index (χ0v) is 17.3. The molecule has 6 nitrogen and oxygen atoms in total. The van der Waals surface area contributed by atoms with Gasteiger partial charge >= 0.3 is 5.97 Å². The molecule has 0 saturated heterocycles. The van der Waals surface area contributed by atoms with Crippen molar-refractivity contribution < 1.29 is 19.4 Å². The molecule has 160 valence electrons. The minimum atomic E-state index is -1.10. The van der Waals surface area contributed by atoms with Crippen molar-refractivity contribution in [2.24, 2.45) is 0 Å². The summed E-state index contributed by atoms with van der Waals surface area (Å²) in [5.41, 5.74) is 2.86. The molecule has 0 aliphatic carbocycles. The van der Waals surface area contributed by atoms with E-state index in [0.717, 1.165) is 11.1 Å². The number of nitrogens with one attached hydrogen (secondary N) is 1. The second-order valence-electron chi connectivity index (χ2n) is 7.37. The molecule has 0 bridgehead atoms. The number of carbonyl (C=O) groups excluding carboxylic acids is 1. The third-order valence-electron chi connectivity index (χ3n) is 5.08. The van der Waals surface area contributed by atoms with E-state index in [1.165, 1.54) is 0 Å². The fraction of sp³-hybridized carbons (Fsp3) is 0.115. The van der Waals surface area contributed by atoms with Crippen molar-refractivity contribution in [1.29, 1.82) is 0 Å². The summed E-state index contributed by atoms with van der Waals surface area (Å²) in [7, 11) is 0. The second kappa shape index (κ2) is 9.75. The molecular weight excluding hydrogens is 404 g/mol. The lowest BCUT2D eigenvalue weighted by atomic mass is 10.0. The average Bonchev–Trinajstić information content (AvgIpc) is 2.83. The molecule has 1 aromatic heterocycles. The van der Waals surface area contributed by atoms with Gasteiger partial charge in [0.15, 0.2) is 0 Å². The maximum atomic E-state index is 12.9. The fourth-order valence-corrected chi connectivity index (χ4v) is 3.47. The molecular formula is C26H22N2O4. The molecule has 0 radical (unpaired) electrons. The zero-order valence-electron chi connectivity index (χ0n) is 17.3. The molecule has 4 rings (SSSR count). The normalized spacial score (nSPS) is 11.6. The molecule has 0 spiro atoms. The SMILES string of the molecule is O=C(N[C@H](Cc1cccc(OCc2ccccc2)c1)C(=O)O)c1ccnc2ccccc12. The monoisotopic (exact) mass is 426 g/mol. The fourth-order valence-electron chi connectivity index (χ4n) is 3.47. The first-order chi connectivity index (χ1) is 15.6. The van der Waals surface area contributed by atoms with Gasteiger partial charge in [-0.05, 0) is 35.4 Å². The van der Waals surface area contributed by atoms with Gasteiger partial charge in [-0.15, -0.1) is 0 Å². The number of para-hydroxylation sites is 1. The Bertz CT molecular complexity index is 1240. The highest BCUT2D eigenvalue weighted by atomic mass is 16.5. The van der Waals surface area contributed by atoms with Gasteiger partial charge in [-0.3, -0.25) is 9.78 Å². The van der Waals surface area contributed by atoms with Crippen molar-refractivity contribution in [2.45, 2.75) is 19.1 Å². The van der Waals surface area contributed by atoms with Crippen molar-refractivity contribution in [3.8, 4) is 5.75 Å². The number of nitrogens with zero attached hydrogens (tertiary/aromatic N) is 1.